The van der Waals surface area contributed by atoms with Gasteiger partial charge in [-0.2, -0.15) is 0 Å². The fourth-order valence-corrected chi connectivity index (χ4v) is 3.83. The van der Waals surface area contributed by atoms with Crippen molar-refractivity contribution in [2.45, 2.75) is 25.3 Å². The molecule has 4 heteroatoms. The van der Waals surface area contributed by atoms with Gasteiger partial charge in [0.25, 0.3) is 0 Å². The van der Waals surface area contributed by atoms with Crippen LogP contribution in [0.15, 0.2) is 54.6 Å². The third-order valence-corrected chi connectivity index (χ3v) is 6.07. The van der Waals surface area contributed by atoms with Gasteiger partial charge in [0, 0.05) is 0 Å². The monoisotopic (exact) mass is 371 g/mol. The van der Waals surface area contributed by atoms with Crippen LogP contribution in [-0.4, -0.2) is 44.6 Å². The molecule has 3 unspecified atom stereocenters. The molecule has 1 N–H and O–H groups in total. The number of carboxylic acid groups (broad SMARTS) is 1. The van der Waals surface area contributed by atoms with Crippen LogP contribution in [-0.2, 0) is 11.2 Å². The number of aliphatic carboxylic acids is 1. The van der Waals surface area contributed by atoms with Gasteiger partial charge in [-0.1, -0.05) is 24.3 Å². The Labute approximate surface area is 146 Å². The van der Waals surface area contributed by atoms with Gasteiger partial charge in [-0.3, -0.25) is 0 Å². The molecule has 3 nitrogen and oxygen atoms in total. The Kier molecular flexibility index (Phi) is 5.19. The smallest absolute Gasteiger partial charge is 0.0184 e. The van der Waals surface area contributed by atoms with Gasteiger partial charge in [-0.05, 0) is 11.1 Å². The molecule has 120 valence electrons. The third-order valence-electron chi connectivity index (χ3n) is 4.64. The summed E-state index contributed by atoms with van der Waals surface area (Å²) in [4.78, 5) is 11.0. The number of hydrogen-bond donors (Lipinski definition) is 1. The van der Waals surface area contributed by atoms with Crippen LogP contribution < -0.4 is 0 Å². The molecule has 1 aromatic carbocycles. The van der Waals surface area contributed by atoms with E-state index in [1.807, 2.05) is 18.2 Å². The molecule has 0 radical (unpaired) electrons. The van der Waals surface area contributed by atoms with E-state index in [-0.39, 0.29) is 5.92 Å². The van der Waals surface area contributed by atoms with Gasteiger partial charge < -0.3 is 0 Å². The summed E-state index contributed by atoms with van der Waals surface area (Å²) in [5.74, 6) is -0.792. The van der Waals surface area contributed by atoms with Crippen molar-refractivity contribution in [2.75, 3.05) is 6.54 Å². The molecule has 1 fully saturated rings. The van der Waals surface area contributed by atoms with Gasteiger partial charge in [0.2, 0.25) is 0 Å². The first-order valence-electron chi connectivity index (χ1n) is 8.02. The van der Waals surface area contributed by atoms with Crippen LogP contribution >= 0.6 is 0 Å². The van der Waals surface area contributed by atoms with E-state index < -0.39 is 5.97 Å². The molecule has 1 saturated heterocycles. The number of hydrogen-bond acceptors (Lipinski definition) is 2. The Morgan fingerprint density at radius 3 is 2.17 bits per heavy atom. The molecule has 23 heavy (non-hydrogen) atoms. The molecule has 0 bridgehead atoms. The second-order valence-corrected chi connectivity index (χ2v) is 7.61. The summed E-state index contributed by atoms with van der Waals surface area (Å²) >= 11 is 1.61. The summed E-state index contributed by atoms with van der Waals surface area (Å²) < 4.78 is 2.35. The topological polar surface area (TPSA) is 40.5 Å². The van der Waals surface area contributed by atoms with Crippen molar-refractivity contribution < 1.29 is 9.90 Å². The number of fused-ring (bicyclic) bond motifs is 1. The summed E-state index contributed by atoms with van der Waals surface area (Å²) in [6, 6.07) is 19.2. The maximum atomic E-state index is 11.0. The van der Waals surface area contributed by atoms with E-state index in [0.717, 1.165) is 25.8 Å². The molecule has 1 aliphatic heterocycles. The molecule has 4 rings (SSSR count). The fourth-order valence-electron chi connectivity index (χ4n) is 3.04. The largest absolute Gasteiger partial charge is 0.0538 e. The number of piperidine rings is 1. The Morgan fingerprint density at radius 1 is 1.09 bits per heavy atom. The normalized spacial score (nSPS) is 22.0. The van der Waals surface area contributed by atoms with Crippen molar-refractivity contribution in [2.24, 2.45) is 5.92 Å². The van der Waals surface area contributed by atoms with Crippen molar-refractivity contribution >= 4 is 23.0 Å². The Balaban J connectivity index is 0.000000213. The first-order valence-corrected chi connectivity index (χ1v) is 9.10. The maximum absolute atomic E-state index is 11.0. The van der Waals surface area contributed by atoms with Crippen LogP contribution in [0.1, 0.15) is 18.4 Å². The predicted molar refractivity (Wildman–Crippen MR) is 95.0 cm³/mol. The first-order chi connectivity index (χ1) is 11.1. The van der Waals surface area contributed by atoms with Crippen molar-refractivity contribution in [3.63, 3.8) is 0 Å². The summed E-state index contributed by atoms with van der Waals surface area (Å²) in [5.41, 5.74) is 4.15. The molecular formula is C19H22AsNO2. The van der Waals surface area contributed by atoms with Gasteiger partial charge in [0.15, 0.2) is 0 Å². The van der Waals surface area contributed by atoms with Gasteiger partial charge in [0.05, 0.1) is 0 Å². The van der Waals surface area contributed by atoms with E-state index >= 15 is 0 Å². The van der Waals surface area contributed by atoms with Gasteiger partial charge >= 0.3 is 110 Å². The summed E-state index contributed by atoms with van der Waals surface area (Å²) in [7, 11) is 0. The Bertz CT molecular complexity index is 636. The van der Waals surface area contributed by atoms with Crippen LogP contribution in [0.2, 0.25) is 0 Å². The summed E-state index contributed by atoms with van der Waals surface area (Å²) in [6.07, 6.45) is 2.53. The molecule has 3 aliphatic rings. The van der Waals surface area contributed by atoms with Crippen LogP contribution in [0, 0.1) is 5.92 Å². The molecular weight excluding hydrogens is 349 g/mol. The molecule has 1 heterocycles. The average molecular weight is 371 g/mol. The van der Waals surface area contributed by atoms with E-state index in [4.69, 9.17) is 5.11 Å². The van der Waals surface area contributed by atoms with Crippen molar-refractivity contribution in [3.05, 3.63) is 60.2 Å². The molecule has 3 atom stereocenters. The minimum atomic E-state index is -0.635. The molecule has 0 amide bonds. The zero-order valence-corrected chi connectivity index (χ0v) is 15.5. The van der Waals surface area contributed by atoms with E-state index in [2.05, 4.69) is 40.2 Å². The van der Waals surface area contributed by atoms with Crippen molar-refractivity contribution in [1.29, 1.82) is 0 Å². The third kappa shape index (κ3) is 4.04. The molecule has 1 aromatic rings. The second-order valence-electron chi connectivity index (χ2n) is 6.22. The van der Waals surface area contributed by atoms with Gasteiger partial charge in [-0.15, -0.1) is 0 Å². The SMILES string of the molecule is O=C(O)C1CCN([AsH2])C(Cc2ccccc2)C1.c1cc2ccc1-2. The number of carboxylic acids is 1. The zero-order valence-electron chi connectivity index (χ0n) is 13.1. The number of carbonyl (C=O) groups is 1. The van der Waals surface area contributed by atoms with E-state index in [1.165, 1.54) is 16.7 Å². The average Bonchev–Trinajstić information content (AvgIpc) is 2.54. The Morgan fingerprint density at radius 2 is 1.70 bits per heavy atom. The maximum Gasteiger partial charge on any atom is -0.0184 e. The number of rotatable bonds is 3. The fraction of sp³-hybridized carbons (Fsp3) is 0.316. The quantitative estimate of drug-likeness (QED) is 0.720. The molecule has 0 aromatic heterocycles. The number of benzene rings is 2. The van der Waals surface area contributed by atoms with Crippen LogP contribution in [0.25, 0.3) is 11.1 Å². The molecule has 2 aliphatic carbocycles. The van der Waals surface area contributed by atoms with Crippen molar-refractivity contribution in [3.8, 4) is 11.1 Å². The molecule has 0 saturated carbocycles. The van der Waals surface area contributed by atoms with Crippen LogP contribution in [0.5, 0.6) is 0 Å². The number of nitrogens with zero attached hydrogens (tertiary/aromatic N) is 1. The van der Waals surface area contributed by atoms with Crippen LogP contribution in [0.3, 0.4) is 0 Å². The van der Waals surface area contributed by atoms with Crippen LogP contribution in [0.4, 0.5) is 0 Å². The zero-order chi connectivity index (χ0) is 16.2. The standard InChI is InChI=1S/C13H18AsNO2.C6H4/c14-15-7-6-11(13(16)17)9-12(15)8-10-4-2-1-3-5-10;1-2-6-4-3-5(1)6/h1-5,11-12H,6-9,14H2,(H,16,17);1-4H. The minimum Gasteiger partial charge on any atom is -0.0538 e. The van der Waals surface area contributed by atoms with Gasteiger partial charge in [-0.25, -0.2) is 0 Å². The predicted octanol–water partition coefficient (Wildman–Crippen LogP) is 2.61. The minimum absolute atomic E-state index is 0.157. The van der Waals surface area contributed by atoms with Gasteiger partial charge in [0.1, 0.15) is 0 Å². The van der Waals surface area contributed by atoms with E-state index in [0.29, 0.717) is 6.04 Å². The Hall–Kier alpha value is -1.57. The summed E-state index contributed by atoms with van der Waals surface area (Å²) in [5, 5.41) is 9.09. The van der Waals surface area contributed by atoms with E-state index in [1.54, 1.807) is 17.1 Å². The molecule has 0 spiro atoms. The van der Waals surface area contributed by atoms with Crippen molar-refractivity contribution in [1.82, 2.24) is 3.82 Å². The second kappa shape index (κ2) is 7.33. The first kappa shape index (κ1) is 16.3. The van der Waals surface area contributed by atoms with E-state index in [9.17, 15) is 4.79 Å². The summed E-state index contributed by atoms with van der Waals surface area (Å²) in [6.45, 7) is 0.911.